The number of amides is 3. The minimum absolute atomic E-state index is 0.114. The lowest BCUT2D eigenvalue weighted by molar-refractivity contribution is -0.119. The van der Waals surface area contributed by atoms with E-state index in [1.54, 1.807) is 36.6 Å². The molecule has 3 aromatic carbocycles. The molecule has 3 amide bonds. The first-order valence-corrected chi connectivity index (χ1v) is 13.4. The fraction of sp³-hybridized carbons (Fsp3) is 0.161. The topological polar surface area (TPSA) is 92.8 Å². The standard InChI is InChI=1S/C31H26N2O5S/c1-3-38-31(37)26-24(21-15-13-19(2)14-16-21)18-39-28(26)32-27(34)25(17-20-9-5-4-6-10-20)33-29(35)22-11-7-8-12-23(22)30(33)36/h4-16,18,25H,3,17H2,1-2H3,(H,32,34). The highest BCUT2D eigenvalue weighted by molar-refractivity contribution is 7.15. The number of carbonyl (C=O) groups is 4. The van der Waals surface area contributed by atoms with Gasteiger partial charge in [0.1, 0.15) is 16.6 Å². The summed E-state index contributed by atoms with van der Waals surface area (Å²) in [5.74, 6) is -2.19. The number of imide groups is 1. The van der Waals surface area contributed by atoms with E-state index in [4.69, 9.17) is 4.74 Å². The molecule has 39 heavy (non-hydrogen) atoms. The zero-order valence-corrected chi connectivity index (χ0v) is 22.3. The van der Waals surface area contributed by atoms with E-state index in [0.717, 1.165) is 21.6 Å². The van der Waals surface area contributed by atoms with Crippen molar-refractivity contribution in [3.63, 3.8) is 0 Å². The monoisotopic (exact) mass is 538 g/mol. The third-order valence-electron chi connectivity index (χ3n) is 6.58. The predicted molar refractivity (Wildman–Crippen MR) is 150 cm³/mol. The second kappa shape index (κ2) is 11.0. The first-order valence-electron chi connectivity index (χ1n) is 12.6. The summed E-state index contributed by atoms with van der Waals surface area (Å²) >= 11 is 1.19. The van der Waals surface area contributed by atoms with Crippen LogP contribution < -0.4 is 5.32 Å². The van der Waals surface area contributed by atoms with Crippen LogP contribution in [-0.2, 0) is 16.0 Å². The molecule has 0 fully saturated rings. The number of thiophene rings is 1. The van der Waals surface area contributed by atoms with Crippen LogP contribution in [0.3, 0.4) is 0 Å². The first kappa shape index (κ1) is 26.1. The van der Waals surface area contributed by atoms with E-state index in [1.807, 2.05) is 61.5 Å². The van der Waals surface area contributed by atoms with Gasteiger partial charge in [0.15, 0.2) is 0 Å². The number of nitrogens with zero attached hydrogens (tertiary/aromatic N) is 1. The summed E-state index contributed by atoms with van der Waals surface area (Å²) in [5, 5.41) is 4.94. The summed E-state index contributed by atoms with van der Waals surface area (Å²) < 4.78 is 5.32. The van der Waals surface area contributed by atoms with Crippen LogP contribution in [0.5, 0.6) is 0 Å². The second-order valence-electron chi connectivity index (χ2n) is 9.16. The van der Waals surface area contributed by atoms with Gasteiger partial charge in [-0.3, -0.25) is 19.3 Å². The summed E-state index contributed by atoms with van der Waals surface area (Å²) in [4.78, 5) is 54.6. The Morgan fingerprint density at radius 2 is 1.49 bits per heavy atom. The van der Waals surface area contributed by atoms with E-state index in [9.17, 15) is 19.2 Å². The van der Waals surface area contributed by atoms with Gasteiger partial charge in [0, 0.05) is 17.4 Å². The highest BCUT2D eigenvalue weighted by Gasteiger charge is 2.43. The summed E-state index contributed by atoms with van der Waals surface area (Å²) in [6, 6.07) is 22.3. The number of rotatable bonds is 8. The van der Waals surface area contributed by atoms with E-state index in [1.165, 1.54) is 11.3 Å². The molecular weight excluding hydrogens is 512 g/mol. The molecule has 0 spiro atoms. The van der Waals surface area contributed by atoms with Gasteiger partial charge in [0.25, 0.3) is 11.8 Å². The van der Waals surface area contributed by atoms with Crippen LogP contribution >= 0.6 is 11.3 Å². The maximum atomic E-state index is 13.9. The largest absolute Gasteiger partial charge is 0.462 e. The normalized spacial score (nSPS) is 13.2. The van der Waals surface area contributed by atoms with E-state index >= 15 is 0 Å². The van der Waals surface area contributed by atoms with Crippen LogP contribution in [0.15, 0.2) is 84.2 Å². The van der Waals surface area contributed by atoms with Gasteiger partial charge in [-0.05, 0) is 37.1 Å². The van der Waals surface area contributed by atoms with Gasteiger partial charge in [-0.1, -0.05) is 72.3 Å². The number of anilines is 1. The Hall–Kier alpha value is -4.56. The number of hydrogen-bond acceptors (Lipinski definition) is 6. The third kappa shape index (κ3) is 5.11. The van der Waals surface area contributed by atoms with Crippen molar-refractivity contribution >= 4 is 40.0 Å². The molecule has 7 nitrogen and oxygen atoms in total. The molecule has 196 valence electrons. The zero-order chi connectivity index (χ0) is 27.5. The lowest BCUT2D eigenvalue weighted by Gasteiger charge is -2.25. The molecule has 1 unspecified atom stereocenters. The summed E-state index contributed by atoms with van der Waals surface area (Å²) in [7, 11) is 0. The number of aryl methyl sites for hydroxylation is 1. The van der Waals surface area contributed by atoms with Crippen molar-refractivity contribution in [3.8, 4) is 11.1 Å². The molecule has 5 rings (SSSR count). The quantitative estimate of drug-likeness (QED) is 0.228. The molecule has 8 heteroatoms. The number of nitrogens with one attached hydrogen (secondary N) is 1. The lowest BCUT2D eigenvalue weighted by atomic mass is 10.0. The van der Waals surface area contributed by atoms with E-state index in [-0.39, 0.29) is 29.7 Å². The second-order valence-corrected chi connectivity index (χ2v) is 10.0. The van der Waals surface area contributed by atoms with Gasteiger partial charge in [0.2, 0.25) is 5.91 Å². The number of fused-ring (bicyclic) bond motifs is 1. The Morgan fingerprint density at radius 1 is 0.872 bits per heavy atom. The Bertz CT molecular complexity index is 1520. The van der Waals surface area contributed by atoms with Crippen LogP contribution in [-0.4, -0.2) is 41.2 Å². The van der Waals surface area contributed by atoms with Crippen molar-refractivity contribution in [2.75, 3.05) is 11.9 Å². The van der Waals surface area contributed by atoms with Crippen molar-refractivity contribution in [1.29, 1.82) is 0 Å². The van der Waals surface area contributed by atoms with Crippen molar-refractivity contribution in [2.45, 2.75) is 26.3 Å². The zero-order valence-electron chi connectivity index (χ0n) is 21.5. The van der Waals surface area contributed by atoms with Gasteiger partial charge in [-0.2, -0.15) is 0 Å². The van der Waals surface area contributed by atoms with Gasteiger partial charge in [0.05, 0.1) is 17.7 Å². The number of ether oxygens (including phenoxy) is 1. The van der Waals surface area contributed by atoms with Gasteiger partial charge in [-0.25, -0.2) is 4.79 Å². The minimum atomic E-state index is -1.14. The summed E-state index contributed by atoms with van der Waals surface area (Å²) in [6.45, 7) is 3.86. The van der Waals surface area contributed by atoms with E-state index < -0.39 is 29.7 Å². The van der Waals surface area contributed by atoms with Gasteiger partial charge < -0.3 is 10.1 Å². The summed E-state index contributed by atoms with van der Waals surface area (Å²) in [6.07, 6.45) is 0.114. The molecule has 0 radical (unpaired) electrons. The smallest absolute Gasteiger partial charge is 0.341 e. The van der Waals surface area contributed by atoms with Crippen LogP contribution in [0.4, 0.5) is 5.00 Å². The van der Waals surface area contributed by atoms with Crippen molar-refractivity contribution in [2.24, 2.45) is 0 Å². The van der Waals surface area contributed by atoms with Crippen LogP contribution in [0.1, 0.15) is 49.1 Å². The maximum Gasteiger partial charge on any atom is 0.341 e. The summed E-state index contributed by atoms with van der Waals surface area (Å²) in [5.41, 5.74) is 4.06. The van der Waals surface area contributed by atoms with E-state index in [2.05, 4.69) is 5.32 Å². The highest BCUT2D eigenvalue weighted by atomic mass is 32.1. The number of benzene rings is 3. The average Bonchev–Trinajstić information content (AvgIpc) is 3.47. The predicted octanol–water partition coefficient (Wildman–Crippen LogP) is 5.75. The molecule has 1 aromatic heterocycles. The first-order chi connectivity index (χ1) is 18.9. The van der Waals surface area contributed by atoms with E-state index in [0.29, 0.717) is 10.6 Å². The fourth-order valence-electron chi connectivity index (χ4n) is 4.63. The molecule has 0 aliphatic carbocycles. The molecule has 4 aromatic rings. The maximum absolute atomic E-state index is 13.9. The number of carbonyl (C=O) groups excluding carboxylic acids is 4. The molecule has 2 heterocycles. The molecule has 1 aliphatic heterocycles. The molecular formula is C31H26N2O5S. The molecule has 0 saturated carbocycles. The van der Waals surface area contributed by atoms with Crippen LogP contribution in [0, 0.1) is 6.92 Å². The Morgan fingerprint density at radius 3 is 2.10 bits per heavy atom. The fourth-order valence-corrected chi connectivity index (χ4v) is 5.59. The SMILES string of the molecule is CCOC(=O)c1c(-c2ccc(C)cc2)csc1NC(=O)C(Cc1ccccc1)N1C(=O)c2ccccc2C1=O. The average molecular weight is 539 g/mol. The molecule has 0 bridgehead atoms. The Balaban J connectivity index is 1.52. The Kier molecular flexibility index (Phi) is 7.38. The highest BCUT2D eigenvalue weighted by Crippen LogP contribution is 2.37. The lowest BCUT2D eigenvalue weighted by Crippen LogP contribution is -2.48. The van der Waals surface area contributed by atoms with Crippen molar-refractivity contribution < 1.29 is 23.9 Å². The Labute approximate surface area is 230 Å². The minimum Gasteiger partial charge on any atom is -0.462 e. The molecule has 1 N–H and O–H groups in total. The van der Waals surface area contributed by atoms with Crippen LogP contribution in [0.25, 0.3) is 11.1 Å². The molecule has 1 atom stereocenters. The molecule has 0 saturated heterocycles. The number of esters is 1. The number of hydrogen-bond donors (Lipinski definition) is 1. The van der Waals surface area contributed by atoms with Crippen molar-refractivity contribution in [3.05, 3.63) is 112 Å². The molecule has 1 aliphatic rings. The third-order valence-corrected chi connectivity index (χ3v) is 7.48. The van der Waals surface area contributed by atoms with Gasteiger partial charge >= 0.3 is 5.97 Å². The van der Waals surface area contributed by atoms with Crippen LogP contribution in [0.2, 0.25) is 0 Å². The van der Waals surface area contributed by atoms with Crippen molar-refractivity contribution in [1.82, 2.24) is 4.90 Å². The van der Waals surface area contributed by atoms with Gasteiger partial charge in [-0.15, -0.1) is 11.3 Å².